The molecule has 1 amide bonds. The van der Waals surface area contributed by atoms with E-state index in [0.29, 0.717) is 41.0 Å². The van der Waals surface area contributed by atoms with Crippen molar-refractivity contribution in [3.8, 4) is 5.75 Å². The van der Waals surface area contributed by atoms with E-state index >= 15 is 0 Å². The SMILES string of the molecule is C=CCOc1cc(C(CCC)NC(=O)C2(C)CSC(C(C)=NOCCCC)=N2)oc(=O)c1. The molecule has 176 valence electrons. The quantitative estimate of drug-likeness (QED) is 0.203. The van der Waals surface area contributed by atoms with Crippen LogP contribution in [-0.2, 0) is 9.63 Å². The number of ether oxygens (including phenoxy) is 1. The number of thioether (sulfide) groups is 1. The number of aliphatic imine (C=N–C) groups is 1. The number of amides is 1. The number of hydrogen-bond acceptors (Lipinski definition) is 8. The molecule has 2 atom stereocenters. The molecule has 0 bridgehead atoms. The third-order valence-electron chi connectivity index (χ3n) is 4.78. The predicted octanol–water partition coefficient (Wildman–Crippen LogP) is 4.26. The largest absolute Gasteiger partial charge is 0.489 e. The minimum atomic E-state index is -0.955. The van der Waals surface area contributed by atoms with Gasteiger partial charge < -0.3 is 19.3 Å². The molecular weight excluding hydrogens is 430 g/mol. The first-order chi connectivity index (χ1) is 15.3. The van der Waals surface area contributed by atoms with Crippen LogP contribution < -0.4 is 15.7 Å². The van der Waals surface area contributed by atoms with Gasteiger partial charge in [-0.1, -0.05) is 44.5 Å². The molecule has 0 spiro atoms. The average Bonchev–Trinajstić information content (AvgIpc) is 3.18. The van der Waals surface area contributed by atoms with Crippen molar-refractivity contribution < 1.29 is 18.8 Å². The minimum absolute atomic E-state index is 0.238. The molecule has 2 heterocycles. The van der Waals surface area contributed by atoms with Crippen LogP contribution in [0.15, 0.2) is 44.1 Å². The molecule has 2 unspecified atom stereocenters. The molecular formula is C23H33N3O5S. The predicted molar refractivity (Wildman–Crippen MR) is 129 cm³/mol. The number of rotatable bonds is 13. The van der Waals surface area contributed by atoms with Crippen molar-refractivity contribution >= 4 is 28.4 Å². The van der Waals surface area contributed by atoms with Crippen LogP contribution in [0.5, 0.6) is 5.75 Å². The lowest BCUT2D eigenvalue weighted by molar-refractivity contribution is -0.125. The van der Waals surface area contributed by atoms with Gasteiger partial charge >= 0.3 is 5.63 Å². The number of nitrogens with one attached hydrogen (secondary N) is 1. The molecule has 1 aromatic heterocycles. The highest BCUT2D eigenvalue weighted by atomic mass is 32.2. The summed E-state index contributed by atoms with van der Waals surface area (Å²) in [5.41, 5.74) is -0.829. The van der Waals surface area contributed by atoms with Crippen LogP contribution in [-0.4, -0.2) is 41.2 Å². The number of unbranched alkanes of at least 4 members (excludes halogenated alkanes) is 1. The summed E-state index contributed by atoms with van der Waals surface area (Å²) in [6, 6.07) is 2.44. The highest BCUT2D eigenvalue weighted by molar-refractivity contribution is 8.16. The van der Waals surface area contributed by atoms with Crippen molar-refractivity contribution in [2.24, 2.45) is 10.1 Å². The van der Waals surface area contributed by atoms with Gasteiger partial charge in [0, 0.05) is 11.8 Å². The van der Waals surface area contributed by atoms with Crippen LogP contribution in [0.3, 0.4) is 0 Å². The Morgan fingerprint density at radius 3 is 2.91 bits per heavy atom. The maximum absolute atomic E-state index is 13.2. The van der Waals surface area contributed by atoms with Crippen LogP contribution in [0.2, 0.25) is 0 Å². The first-order valence-electron chi connectivity index (χ1n) is 10.9. The molecule has 0 fully saturated rings. The van der Waals surface area contributed by atoms with Crippen molar-refractivity contribution in [2.45, 2.75) is 65.0 Å². The summed E-state index contributed by atoms with van der Waals surface area (Å²) >= 11 is 1.48. The Morgan fingerprint density at radius 1 is 1.44 bits per heavy atom. The molecule has 1 aliphatic heterocycles. The van der Waals surface area contributed by atoms with E-state index in [9.17, 15) is 9.59 Å². The molecule has 0 aliphatic carbocycles. The minimum Gasteiger partial charge on any atom is -0.489 e. The van der Waals surface area contributed by atoms with E-state index in [2.05, 4.69) is 29.0 Å². The van der Waals surface area contributed by atoms with Gasteiger partial charge in [-0.05, 0) is 26.7 Å². The monoisotopic (exact) mass is 463 g/mol. The molecule has 9 heteroatoms. The van der Waals surface area contributed by atoms with Crippen LogP contribution in [0.25, 0.3) is 0 Å². The third-order valence-corrected chi connectivity index (χ3v) is 6.15. The second kappa shape index (κ2) is 12.5. The maximum atomic E-state index is 13.2. The summed E-state index contributed by atoms with van der Waals surface area (Å²) in [4.78, 5) is 35.1. The van der Waals surface area contributed by atoms with E-state index in [1.807, 2.05) is 13.8 Å². The maximum Gasteiger partial charge on any atom is 0.339 e. The molecule has 1 N–H and O–H groups in total. The van der Waals surface area contributed by atoms with Crippen LogP contribution >= 0.6 is 11.8 Å². The lowest BCUT2D eigenvalue weighted by Gasteiger charge is -2.24. The Hall–Kier alpha value is -2.55. The molecule has 32 heavy (non-hydrogen) atoms. The van der Waals surface area contributed by atoms with E-state index in [1.54, 1.807) is 19.1 Å². The Balaban J connectivity index is 2.16. The molecule has 1 aliphatic rings. The van der Waals surface area contributed by atoms with Gasteiger partial charge in [0.05, 0.1) is 12.1 Å². The summed E-state index contributed by atoms with van der Waals surface area (Å²) < 4.78 is 10.9. The highest BCUT2D eigenvalue weighted by Gasteiger charge is 2.40. The summed E-state index contributed by atoms with van der Waals surface area (Å²) in [7, 11) is 0. The average molecular weight is 464 g/mol. The zero-order valence-corrected chi connectivity index (χ0v) is 20.1. The van der Waals surface area contributed by atoms with Gasteiger partial charge in [0.1, 0.15) is 41.0 Å². The first kappa shape index (κ1) is 25.7. The fourth-order valence-electron chi connectivity index (χ4n) is 2.96. The van der Waals surface area contributed by atoms with Gasteiger partial charge in [0.25, 0.3) is 0 Å². The smallest absolute Gasteiger partial charge is 0.339 e. The molecule has 0 saturated carbocycles. The Kier molecular flexibility index (Phi) is 10.0. The van der Waals surface area contributed by atoms with Crippen LogP contribution in [0.4, 0.5) is 0 Å². The van der Waals surface area contributed by atoms with Crippen molar-refractivity contribution in [1.29, 1.82) is 0 Å². The molecule has 8 nitrogen and oxygen atoms in total. The van der Waals surface area contributed by atoms with Crippen LogP contribution in [0, 0.1) is 0 Å². The van der Waals surface area contributed by atoms with E-state index < -0.39 is 17.2 Å². The van der Waals surface area contributed by atoms with Gasteiger partial charge in [0.2, 0.25) is 5.91 Å². The zero-order chi connectivity index (χ0) is 23.6. The standard InChI is InChI=1S/C23H33N3O5S/c1-6-9-12-30-26-16(4)21-25-23(5,15-32-21)22(28)24-18(10-7-2)19-13-17(29-11-8-3)14-20(27)31-19/h8,13-14,18H,3,6-7,9-12,15H2,1-2,4-5H3,(H,24,28). The Bertz CT molecular complexity index is 911. The highest BCUT2D eigenvalue weighted by Crippen LogP contribution is 2.30. The topological polar surface area (TPSA) is 102 Å². The molecule has 2 rings (SSSR count). The van der Waals surface area contributed by atoms with Crippen molar-refractivity contribution in [3.63, 3.8) is 0 Å². The third kappa shape index (κ3) is 7.25. The van der Waals surface area contributed by atoms with E-state index in [4.69, 9.17) is 14.0 Å². The second-order valence-corrected chi connectivity index (χ2v) is 8.74. The normalized spacial score (nSPS) is 19.2. The summed E-state index contributed by atoms with van der Waals surface area (Å²) in [5.74, 6) is 0.983. The van der Waals surface area contributed by atoms with Crippen molar-refractivity contribution in [3.05, 3.63) is 41.0 Å². The van der Waals surface area contributed by atoms with Crippen molar-refractivity contribution in [2.75, 3.05) is 19.0 Å². The number of carbonyl (C=O) groups is 1. The Morgan fingerprint density at radius 2 is 2.22 bits per heavy atom. The van der Waals surface area contributed by atoms with E-state index in [-0.39, 0.29) is 12.5 Å². The van der Waals surface area contributed by atoms with Gasteiger partial charge in [0.15, 0.2) is 0 Å². The summed E-state index contributed by atoms with van der Waals surface area (Å²) in [6.07, 6.45) is 4.95. The lowest BCUT2D eigenvalue weighted by Crippen LogP contribution is -2.45. The molecule has 0 saturated heterocycles. The fraction of sp³-hybridized carbons (Fsp3) is 0.565. The van der Waals surface area contributed by atoms with Crippen molar-refractivity contribution in [1.82, 2.24) is 5.32 Å². The van der Waals surface area contributed by atoms with E-state index in [1.165, 1.54) is 17.8 Å². The first-order valence-corrected chi connectivity index (χ1v) is 11.9. The zero-order valence-electron chi connectivity index (χ0n) is 19.3. The van der Waals surface area contributed by atoms with Gasteiger partial charge in [-0.15, -0.1) is 11.8 Å². The number of oxime groups is 1. The Labute approximate surface area is 193 Å². The number of hydrogen-bond donors (Lipinski definition) is 1. The fourth-order valence-corrected chi connectivity index (χ4v) is 4.09. The van der Waals surface area contributed by atoms with Gasteiger partial charge in [-0.25, -0.2) is 4.79 Å². The van der Waals surface area contributed by atoms with Gasteiger partial charge in [-0.2, -0.15) is 0 Å². The summed E-state index contributed by atoms with van der Waals surface area (Å²) in [5, 5.41) is 7.81. The number of carbonyl (C=O) groups excluding carboxylic acids is 1. The number of nitrogens with zero attached hydrogens (tertiary/aromatic N) is 2. The summed E-state index contributed by atoms with van der Waals surface area (Å²) in [6.45, 7) is 12.1. The van der Waals surface area contributed by atoms with E-state index in [0.717, 1.165) is 19.3 Å². The molecule has 0 aromatic carbocycles. The second-order valence-electron chi connectivity index (χ2n) is 7.77. The van der Waals surface area contributed by atoms with Crippen LogP contribution in [0.1, 0.15) is 65.2 Å². The van der Waals surface area contributed by atoms with Gasteiger partial charge in [-0.3, -0.25) is 9.79 Å². The lowest BCUT2D eigenvalue weighted by atomic mass is 10.0. The molecule has 1 aromatic rings. The molecule has 0 radical (unpaired) electrons.